The number of carbonyl (C=O) groups is 2. The molecule has 0 radical (unpaired) electrons. The summed E-state index contributed by atoms with van der Waals surface area (Å²) in [6, 6.07) is 11.0. The topological polar surface area (TPSA) is 83.1 Å². The molecule has 0 saturated heterocycles. The first-order valence-corrected chi connectivity index (χ1v) is 10.4. The number of nitrogens with zero attached hydrogens (tertiary/aromatic N) is 1. The highest BCUT2D eigenvalue weighted by Crippen LogP contribution is 2.36. The molecular formula is C23H18BrF3N4O2. The molecule has 0 fully saturated rings. The smallest absolute Gasteiger partial charge is 0.322 e. The maximum atomic E-state index is 13.1. The SMILES string of the molecule is Cc1ccc(NC(=O)Nc2ccc(Br)c(C(F)(F)F)c2)cc1NC(=O)/C=C/c1cccnc1. The highest BCUT2D eigenvalue weighted by atomic mass is 79.9. The predicted molar refractivity (Wildman–Crippen MR) is 125 cm³/mol. The molecular weight excluding hydrogens is 501 g/mol. The van der Waals surface area contributed by atoms with Crippen LogP contribution in [0, 0.1) is 6.92 Å². The third kappa shape index (κ3) is 6.91. The number of hydrogen-bond acceptors (Lipinski definition) is 3. The molecule has 0 aliphatic heterocycles. The summed E-state index contributed by atoms with van der Waals surface area (Å²) in [5.74, 6) is -0.377. The van der Waals surface area contributed by atoms with Gasteiger partial charge in [0.1, 0.15) is 0 Å². The molecule has 0 atom stereocenters. The van der Waals surface area contributed by atoms with Crippen molar-refractivity contribution in [3.8, 4) is 0 Å². The number of amides is 3. The highest BCUT2D eigenvalue weighted by Gasteiger charge is 2.33. The Morgan fingerprint density at radius 3 is 2.36 bits per heavy atom. The zero-order chi connectivity index (χ0) is 24.0. The number of pyridine rings is 1. The summed E-state index contributed by atoms with van der Waals surface area (Å²) in [6.45, 7) is 1.78. The summed E-state index contributed by atoms with van der Waals surface area (Å²) in [7, 11) is 0. The number of alkyl halides is 3. The van der Waals surface area contributed by atoms with Crippen LogP contribution >= 0.6 is 15.9 Å². The van der Waals surface area contributed by atoms with Gasteiger partial charge in [0.25, 0.3) is 0 Å². The Bertz CT molecular complexity index is 1200. The molecule has 1 heterocycles. The van der Waals surface area contributed by atoms with Gasteiger partial charge in [-0.2, -0.15) is 13.2 Å². The summed E-state index contributed by atoms with van der Waals surface area (Å²) < 4.78 is 39.0. The largest absolute Gasteiger partial charge is 0.417 e. The fourth-order valence-corrected chi connectivity index (χ4v) is 3.24. The first kappa shape index (κ1) is 24.0. The van der Waals surface area contributed by atoms with Crippen molar-refractivity contribution in [1.29, 1.82) is 0 Å². The van der Waals surface area contributed by atoms with Crippen LogP contribution in [-0.2, 0) is 11.0 Å². The van der Waals surface area contributed by atoms with Gasteiger partial charge in [-0.1, -0.05) is 28.1 Å². The van der Waals surface area contributed by atoms with Crippen LogP contribution in [0.3, 0.4) is 0 Å². The lowest BCUT2D eigenvalue weighted by atomic mass is 10.1. The van der Waals surface area contributed by atoms with E-state index in [0.29, 0.717) is 11.4 Å². The van der Waals surface area contributed by atoms with E-state index in [9.17, 15) is 22.8 Å². The fraction of sp³-hybridized carbons (Fsp3) is 0.0870. The van der Waals surface area contributed by atoms with Crippen molar-refractivity contribution in [3.05, 3.63) is 88.2 Å². The quantitative estimate of drug-likeness (QED) is 0.338. The Hall–Kier alpha value is -3.66. The number of urea groups is 1. The van der Waals surface area contributed by atoms with Gasteiger partial charge < -0.3 is 16.0 Å². The Balaban J connectivity index is 1.66. The number of rotatable bonds is 5. The molecule has 0 bridgehead atoms. The van der Waals surface area contributed by atoms with Gasteiger partial charge in [-0.15, -0.1) is 0 Å². The molecule has 3 N–H and O–H groups in total. The van der Waals surface area contributed by atoms with Crippen LogP contribution in [0.2, 0.25) is 0 Å². The fourth-order valence-electron chi connectivity index (χ4n) is 2.77. The molecule has 33 heavy (non-hydrogen) atoms. The van der Waals surface area contributed by atoms with Crippen LogP contribution < -0.4 is 16.0 Å². The molecule has 0 saturated carbocycles. The number of anilines is 3. The Labute approximate surface area is 196 Å². The van der Waals surface area contributed by atoms with E-state index in [1.54, 1.807) is 55.7 Å². The molecule has 3 rings (SSSR count). The molecule has 0 unspecified atom stereocenters. The summed E-state index contributed by atoms with van der Waals surface area (Å²) in [5.41, 5.74) is 1.41. The normalized spacial score (nSPS) is 11.3. The van der Waals surface area contributed by atoms with E-state index in [0.717, 1.165) is 17.2 Å². The number of benzene rings is 2. The van der Waals surface area contributed by atoms with Crippen LogP contribution in [0.4, 0.5) is 35.0 Å². The summed E-state index contributed by atoms with van der Waals surface area (Å²) in [5, 5.41) is 7.64. The lowest BCUT2D eigenvalue weighted by Crippen LogP contribution is -2.20. The summed E-state index contributed by atoms with van der Waals surface area (Å²) >= 11 is 2.85. The average molecular weight is 519 g/mol. The number of hydrogen-bond donors (Lipinski definition) is 3. The molecule has 6 nitrogen and oxygen atoms in total. The van der Waals surface area contributed by atoms with Crippen LogP contribution in [0.5, 0.6) is 0 Å². The van der Waals surface area contributed by atoms with Gasteiger partial charge >= 0.3 is 12.2 Å². The number of aromatic nitrogens is 1. The molecule has 1 aromatic heterocycles. The zero-order valence-electron chi connectivity index (χ0n) is 17.2. The van der Waals surface area contributed by atoms with Crippen molar-refractivity contribution in [1.82, 2.24) is 4.98 Å². The third-order valence-corrected chi connectivity index (χ3v) is 5.09. The summed E-state index contributed by atoms with van der Waals surface area (Å²) in [4.78, 5) is 28.5. The van der Waals surface area contributed by atoms with Gasteiger partial charge in [-0.3, -0.25) is 9.78 Å². The van der Waals surface area contributed by atoms with Crippen molar-refractivity contribution in [2.45, 2.75) is 13.1 Å². The second kappa shape index (κ2) is 10.3. The van der Waals surface area contributed by atoms with Gasteiger partial charge in [0.15, 0.2) is 0 Å². The van der Waals surface area contributed by atoms with Crippen LogP contribution in [-0.4, -0.2) is 16.9 Å². The van der Waals surface area contributed by atoms with E-state index >= 15 is 0 Å². The summed E-state index contributed by atoms with van der Waals surface area (Å²) in [6.07, 6.45) is 1.64. The molecule has 0 aliphatic rings. The van der Waals surface area contributed by atoms with E-state index in [-0.39, 0.29) is 16.1 Å². The molecule has 3 aromatic rings. The van der Waals surface area contributed by atoms with Gasteiger partial charge in [0.05, 0.1) is 5.56 Å². The number of carbonyl (C=O) groups excluding carboxylic acids is 2. The molecule has 170 valence electrons. The monoisotopic (exact) mass is 518 g/mol. The van der Waals surface area contributed by atoms with Crippen LogP contribution in [0.15, 0.2) is 71.5 Å². The van der Waals surface area contributed by atoms with Gasteiger partial charge in [-0.05, 0) is 60.5 Å². The van der Waals surface area contributed by atoms with Crippen LogP contribution in [0.25, 0.3) is 6.08 Å². The van der Waals surface area contributed by atoms with E-state index in [4.69, 9.17) is 0 Å². The Morgan fingerprint density at radius 1 is 1.00 bits per heavy atom. The van der Waals surface area contributed by atoms with E-state index in [1.807, 2.05) is 0 Å². The van der Waals surface area contributed by atoms with E-state index < -0.39 is 17.8 Å². The van der Waals surface area contributed by atoms with Crippen molar-refractivity contribution in [3.63, 3.8) is 0 Å². The third-order valence-electron chi connectivity index (χ3n) is 4.39. The standard InChI is InChI=1S/C23H18BrF3N4O2/c1-14-4-6-17(12-20(14)31-21(32)9-5-15-3-2-10-28-13-15)30-22(33)29-16-7-8-19(24)18(11-16)23(25,26)27/h2-13H,1H3,(H,31,32)(H2,29,30,33)/b9-5+. The van der Waals surface area contributed by atoms with E-state index in [2.05, 4.69) is 36.9 Å². The second-order valence-corrected chi connectivity index (χ2v) is 7.76. The number of halogens is 4. The molecule has 2 aromatic carbocycles. The van der Waals surface area contributed by atoms with Gasteiger partial charge in [0, 0.05) is 40.0 Å². The first-order valence-electron chi connectivity index (χ1n) is 9.56. The van der Waals surface area contributed by atoms with Crippen molar-refractivity contribution < 1.29 is 22.8 Å². The van der Waals surface area contributed by atoms with Gasteiger partial charge in [0.2, 0.25) is 5.91 Å². The molecule has 3 amide bonds. The van der Waals surface area contributed by atoms with Crippen LogP contribution in [0.1, 0.15) is 16.7 Å². The molecule has 10 heteroatoms. The molecule has 0 spiro atoms. The van der Waals surface area contributed by atoms with E-state index in [1.165, 1.54) is 18.2 Å². The van der Waals surface area contributed by atoms with Crippen molar-refractivity contribution in [2.24, 2.45) is 0 Å². The predicted octanol–water partition coefficient (Wildman–Crippen LogP) is 6.47. The second-order valence-electron chi connectivity index (χ2n) is 6.91. The lowest BCUT2D eigenvalue weighted by molar-refractivity contribution is -0.138. The minimum atomic E-state index is -4.57. The minimum Gasteiger partial charge on any atom is -0.322 e. The average Bonchev–Trinajstić information content (AvgIpc) is 2.76. The number of nitrogens with one attached hydrogen (secondary N) is 3. The zero-order valence-corrected chi connectivity index (χ0v) is 18.8. The maximum absolute atomic E-state index is 13.1. The highest BCUT2D eigenvalue weighted by molar-refractivity contribution is 9.10. The maximum Gasteiger partial charge on any atom is 0.417 e. The van der Waals surface area contributed by atoms with Crippen molar-refractivity contribution >= 4 is 51.0 Å². The Kier molecular flexibility index (Phi) is 7.49. The minimum absolute atomic E-state index is 0.0239. The van der Waals surface area contributed by atoms with Crippen molar-refractivity contribution in [2.75, 3.05) is 16.0 Å². The first-order chi connectivity index (χ1) is 15.6. The molecule has 0 aliphatic carbocycles. The number of aryl methyl sites for hydroxylation is 1. The lowest BCUT2D eigenvalue weighted by Gasteiger charge is -2.13. The Morgan fingerprint density at radius 2 is 1.70 bits per heavy atom. The van der Waals surface area contributed by atoms with Gasteiger partial charge in [-0.25, -0.2) is 4.79 Å².